The third-order valence-electron chi connectivity index (χ3n) is 4.75. The van der Waals surface area contributed by atoms with Crippen molar-refractivity contribution in [1.29, 1.82) is 0 Å². The molecule has 0 saturated heterocycles. The molecule has 2 aromatic rings. The first-order valence-corrected chi connectivity index (χ1v) is 14.3. The van der Waals surface area contributed by atoms with Crippen LogP contribution in [0.3, 0.4) is 0 Å². The van der Waals surface area contributed by atoms with E-state index >= 15 is 0 Å². The molecule has 0 bridgehead atoms. The van der Waals surface area contributed by atoms with E-state index in [1.807, 2.05) is 90.4 Å². The van der Waals surface area contributed by atoms with Gasteiger partial charge in [-0.1, -0.05) is 46.4 Å². The Hall–Kier alpha value is 2.48. The summed E-state index contributed by atoms with van der Waals surface area (Å²) in [4.78, 5) is 25.0. The van der Waals surface area contributed by atoms with E-state index in [0.29, 0.717) is 27.2 Å². The van der Waals surface area contributed by atoms with E-state index in [1.54, 1.807) is 12.1 Å². The Morgan fingerprint density at radius 2 is 1.43 bits per heavy atom. The van der Waals surface area contributed by atoms with Crippen LogP contribution in [0.15, 0.2) is 21.3 Å². The molecule has 0 amide bonds. The van der Waals surface area contributed by atoms with Crippen LogP contribution in [0.25, 0.3) is 33.4 Å². The van der Waals surface area contributed by atoms with Gasteiger partial charge in [-0.05, 0) is 102 Å². The summed E-state index contributed by atoms with van der Waals surface area (Å²) in [6.07, 6.45) is 0. The molecule has 1 heterocycles. The predicted octanol–water partition coefficient (Wildman–Crippen LogP) is 3.23. The van der Waals surface area contributed by atoms with E-state index in [2.05, 4.69) is 0 Å². The van der Waals surface area contributed by atoms with Gasteiger partial charge < -0.3 is 17.5 Å². The smallest absolute Gasteiger partial charge is 1.00 e. The van der Waals surface area contributed by atoms with E-state index in [-0.39, 0.29) is 119 Å². The molecule has 1 aliphatic carbocycles. The molecule has 0 unspecified atom stereocenters. The first-order chi connectivity index (χ1) is 15.4. The molecule has 15 heteroatoms. The number of carbonyl (C=O) groups is 1. The Morgan fingerprint density at radius 3 is 2.00 bits per heavy atom. The number of aromatic hydroxyl groups is 1. The molecule has 35 heavy (non-hydrogen) atoms. The van der Waals surface area contributed by atoms with Crippen molar-refractivity contribution in [3.8, 4) is 28.2 Å². The third-order valence-corrected chi connectivity index (χ3v) is 10.2. The molecule has 0 saturated carbocycles. The van der Waals surface area contributed by atoms with E-state index < -0.39 is 5.97 Å². The molecule has 174 valence electrons. The standard InChI is InChI=1S/C20H4Cl4I4O5.2Na.2H/c21-10-8(9(20(31)32)11(22)13(24)12(10)23)7-3-1-5(25)16(29)14(27)18(3)33-19-4(7)2-6(26)17(30)15(19)28;;;;/h1-2,29H,(H,31,32);;;;/q;2*+1;2*-1. The Kier molecular flexibility index (Phi) is 12.5. The van der Waals surface area contributed by atoms with Gasteiger partial charge in [-0.15, -0.1) is 0 Å². The van der Waals surface area contributed by atoms with Crippen LogP contribution in [0, 0.1) is 14.3 Å². The molecule has 2 aliphatic rings. The van der Waals surface area contributed by atoms with Crippen LogP contribution < -0.4 is 64.5 Å². The molecule has 0 fully saturated rings. The van der Waals surface area contributed by atoms with Gasteiger partial charge in [-0.2, -0.15) is 0 Å². The van der Waals surface area contributed by atoms with Crippen molar-refractivity contribution in [2.45, 2.75) is 0 Å². The minimum Gasteiger partial charge on any atom is -1.00 e. The van der Waals surface area contributed by atoms with Gasteiger partial charge in [0.2, 0.25) is 5.43 Å². The van der Waals surface area contributed by atoms with Crippen molar-refractivity contribution in [3.63, 3.8) is 0 Å². The molecule has 5 nitrogen and oxygen atoms in total. The van der Waals surface area contributed by atoms with Gasteiger partial charge in [0.05, 0.1) is 36.4 Å². The van der Waals surface area contributed by atoms with E-state index in [1.165, 1.54) is 0 Å². The largest absolute Gasteiger partial charge is 1.00 e. The summed E-state index contributed by atoms with van der Waals surface area (Å²) in [5.74, 6) is -1.18. The van der Waals surface area contributed by atoms with Crippen molar-refractivity contribution >= 4 is 154 Å². The Labute approximate surface area is 319 Å². The maximum Gasteiger partial charge on any atom is 1.00 e. The van der Waals surface area contributed by atoms with Crippen molar-refractivity contribution < 1.29 is 81.4 Å². The van der Waals surface area contributed by atoms with Gasteiger partial charge in [0.15, 0.2) is 11.3 Å². The predicted molar refractivity (Wildman–Crippen MR) is 166 cm³/mol. The monoisotopic (exact) mass is 1020 g/mol. The number of hydrogen-bond donors (Lipinski definition) is 2. The zero-order chi connectivity index (χ0) is 24.5. The number of phenolic OH excluding ortho intramolecular Hbond substituents is 1. The van der Waals surface area contributed by atoms with Crippen LogP contribution in [0.2, 0.25) is 20.1 Å². The summed E-state index contributed by atoms with van der Waals surface area (Å²) >= 11 is 33.1. The molecular formula is C20H6Cl4I4Na2O5. The van der Waals surface area contributed by atoms with Crippen LogP contribution in [0.1, 0.15) is 13.2 Å². The number of fused-ring (bicyclic) bond motifs is 2. The minimum atomic E-state index is -1.37. The maximum atomic E-state index is 12.7. The zero-order valence-corrected chi connectivity index (χ0v) is 33.0. The van der Waals surface area contributed by atoms with E-state index in [4.69, 9.17) is 50.8 Å². The number of benzene rings is 3. The minimum absolute atomic E-state index is 0. The van der Waals surface area contributed by atoms with Gasteiger partial charge in [0.25, 0.3) is 0 Å². The summed E-state index contributed by atoms with van der Waals surface area (Å²) < 4.78 is 7.64. The molecule has 0 atom stereocenters. The number of carboxylic acids is 1. The average molecular weight is 1020 g/mol. The summed E-state index contributed by atoms with van der Waals surface area (Å²) in [5, 5.41) is 20.3. The second kappa shape index (κ2) is 13.0. The Bertz CT molecular complexity index is 1590. The molecule has 0 aromatic heterocycles. The number of hydrogen-bond acceptors (Lipinski definition) is 4. The molecule has 0 radical (unpaired) electrons. The quantitative estimate of drug-likeness (QED) is 0.106. The van der Waals surface area contributed by atoms with Gasteiger partial charge in [0, 0.05) is 22.1 Å². The first kappa shape index (κ1) is 33.7. The topological polar surface area (TPSA) is 87.7 Å². The van der Waals surface area contributed by atoms with Crippen molar-refractivity contribution in [1.82, 2.24) is 0 Å². The molecule has 2 aromatic carbocycles. The zero-order valence-electron chi connectivity index (χ0n) is 19.3. The summed E-state index contributed by atoms with van der Waals surface area (Å²) in [7, 11) is 0. The normalized spacial score (nSPS) is 10.9. The number of carboxylic acid groups (broad SMARTS) is 1. The average Bonchev–Trinajstić information content (AvgIpc) is 2.76. The molecule has 2 N–H and O–H groups in total. The van der Waals surface area contributed by atoms with Gasteiger partial charge in [-0.25, -0.2) is 4.79 Å². The Morgan fingerprint density at radius 1 is 0.857 bits per heavy atom. The fourth-order valence-corrected chi connectivity index (χ4v) is 7.93. The summed E-state index contributed by atoms with van der Waals surface area (Å²) in [6.45, 7) is 0. The van der Waals surface area contributed by atoms with Crippen LogP contribution in [0.4, 0.5) is 0 Å². The van der Waals surface area contributed by atoms with Gasteiger partial charge in [-0.3, -0.25) is 4.79 Å². The van der Waals surface area contributed by atoms with Crippen LogP contribution in [-0.4, -0.2) is 16.2 Å². The molecule has 1 aliphatic heterocycles. The molecular weight excluding hydrogens is 1020 g/mol. The van der Waals surface area contributed by atoms with Gasteiger partial charge in [0.1, 0.15) is 9.32 Å². The fraction of sp³-hybridized carbons (Fsp3) is 0. The number of halogens is 8. The first-order valence-electron chi connectivity index (χ1n) is 8.43. The van der Waals surface area contributed by atoms with Crippen molar-refractivity contribution in [3.05, 3.63) is 62.3 Å². The van der Waals surface area contributed by atoms with Crippen molar-refractivity contribution in [2.75, 3.05) is 0 Å². The van der Waals surface area contributed by atoms with Gasteiger partial charge >= 0.3 is 65.1 Å². The number of rotatable bonds is 2. The summed E-state index contributed by atoms with van der Waals surface area (Å²) in [5.41, 5.74) is 0.423. The number of aromatic carboxylic acids is 1. The maximum absolute atomic E-state index is 12.7. The van der Waals surface area contributed by atoms with E-state index in [0.717, 1.165) is 0 Å². The van der Waals surface area contributed by atoms with Crippen LogP contribution in [-0.2, 0) is 0 Å². The second-order valence-corrected chi connectivity index (χ2v) is 12.6. The van der Waals surface area contributed by atoms with Crippen molar-refractivity contribution in [2.24, 2.45) is 0 Å². The third kappa shape index (κ3) is 5.80. The van der Waals surface area contributed by atoms with Crippen LogP contribution >= 0.6 is 137 Å². The summed E-state index contributed by atoms with van der Waals surface area (Å²) in [6, 6.07) is 3.22. The molecule has 4 rings (SSSR count). The van der Waals surface area contributed by atoms with Crippen LogP contribution in [0.5, 0.6) is 5.75 Å². The Balaban J connectivity index is 0.00000324. The SMILES string of the molecule is O=C(O)c1c(Cl)c(Cl)c(Cl)c(Cl)c1-c1c2cc(I)c(=O)c(I)c-2oc2c(I)c(O)c(I)cc12.[H-].[H-].[Na+].[Na+]. The second-order valence-electron chi connectivity index (χ2n) is 6.56. The van der Waals surface area contributed by atoms with E-state index in [9.17, 15) is 19.8 Å². The number of phenols is 1. The molecule has 0 spiro atoms. The fourth-order valence-electron chi connectivity index (χ4n) is 3.33.